The molecule has 16 heavy (non-hydrogen) atoms. The molecular formula is C14H15NO. The van der Waals surface area contributed by atoms with Gasteiger partial charge in [-0.05, 0) is 36.7 Å². The van der Waals surface area contributed by atoms with Gasteiger partial charge in [-0.1, -0.05) is 30.3 Å². The molecule has 0 aliphatic heterocycles. The monoisotopic (exact) mass is 213 g/mol. The SMILES string of the molecule is N#C[C@@]1(c2ccccc2)C[C@@H]2C[C@H]1CC2O. The molecule has 0 spiro atoms. The van der Waals surface area contributed by atoms with Crippen molar-refractivity contribution >= 4 is 0 Å². The third kappa shape index (κ3) is 1.15. The zero-order valence-corrected chi connectivity index (χ0v) is 9.13. The van der Waals surface area contributed by atoms with E-state index in [4.69, 9.17) is 0 Å². The minimum absolute atomic E-state index is 0.171. The number of hydrogen-bond donors (Lipinski definition) is 1. The highest BCUT2D eigenvalue weighted by molar-refractivity contribution is 5.37. The van der Waals surface area contributed by atoms with E-state index >= 15 is 0 Å². The summed E-state index contributed by atoms with van der Waals surface area (Å²) in [6.45, 7) is 0. The Bertz CT molecular complexity index is 434. The molecule has 0 radical (unpaired) electrons. The average molecular weight is 213 g/mol. The van der Waals surface area contributed by atoms with Crippen LogP contribution in [-0.2, 0) is 5.41 Å². The molecule has 0 heterocycles. The van der Waals surface area contributed by atoms with Crippen molar-refractivity contribution in [2.24, 2.45) is 11.8 Å². The van der Waals surface area contributed by atoms with E-state index in [0.717, 1.165) is 24.8 Å². The molecule has 1 aromatic rings. The highest BCUT2D eigenvalue weighted by Crippen LogP contribution is 2.56. The number of aliphatic hydroxyl groups excluding tert-OH is 1. The van der Waals surface area contributed by atoms with Gasteiger partial charge in [0.15, 0.2) is 0 Å². The van der Waals surface area contributed by atoms with Crippen molar-refractivity contribution < 1.29 is 5.11 Å². The number of nitriles is 1. The molecule has 2 fully saturated rings. The summed E-state index contributed by atoms with van der Waals surface area (Å²) in [5, 5.41) is 19.3. The number of hydrogen-bond acceptors (Lipinski definition) is 2. The van der Waals surface area contributed by atoms with Crippen molar-refractivity contribution in [2.45, 2.75) is 30.8 Å². The van der Waals surface area contributed by atoms with Crippen LogP contribution in [0.3, 0.4) is 0 Å². The predicted molar refractivity (Wildman–Crippen MR) is 60.6 cm³/mol. The Morgan fingerprint density at radius 3 is 2.50 bits per heavy atom. The molecule has 0 aromatic heterocycles. The third-order valence-corrected chi connectivity index (χ3v) is 4.43. The number of aliphatic hydroxyl groups is 1. The van der Waals surface area contributed by atoms with Crippen molar-refractivity contribution in [3.63, 3.8) is 0 Å². The fourth-order valence-electron chi connectivity index (χ4n) is 3.60. The van der Waals surface area contributed by atoms with Gasteiger partial charge in [0.1, 0.15) is 0 Å². The fourth-order valence-corrected chi connectivity index (χ4v) is 3.60. The van der Waals surface area contributed by atoms with E-state index in [1.807, 2.05) is 18.2 Å². The van der Waals surface area contributed by atoms with Crippen molar-refractivity contribution in [2.75, 3.05) is 0 Å². The lowest BCUT2D eigenvalue weighted by atomic mass is 9.69. The van der Waals surface area contributed by atoms with Gasteiger partial charge < -0.3 is 5.11 Å². The molecule has 3 rings (SSSR count). The zero-order valence-electron chi connectivity index (χ0n) is 9.13. The maximum absolute atomic E-state index is 9.78. The first-order valence-corrected chi connectivity index (χ1v) is 5.91. The van der Waals surface area contributed by atoms with E-state index in [1.54, 1.807) is 0 Å². The number of rotatable bonds is 1. The van der Waals surface area contributed by atoms with Gasteiger partial charge in [-0.25, -0.2) is 0 Å². The summed E-state index contributed by atoms with van der Waals surface area (Å²) in [6.07, 6.45) is 2.48. The van der Waals surface area contributed by atoms with Gasteiger partial charge in [0.05, 0.1) is 17.6 Å². The van der Waals surface area contributed by atoms with E-state index in [1.165, 1.54) is 0 Å². The van der Waals surface area contributed by atoms with Crippen LogP contribution < -0.4 is 0 Å². The number of fused-ring (bicyclic) bond motifs is 2. The van der Waals surface area contributed by atoms with Gasteiger partial charge in [-0.3, -0.25) is 0 Å². The molecule has 2 aliphatic rings. The molecule has 1 aromatic carbocycles. The second-order valence-electron chi connectivity index (χ2n) is 5.15. The van der Waals surface area contributed by atoms with E-state index in [-0.39, 0.29) is 11.5 Å². The third-order valence-electron chi connectivity index (χ3n) is 4.43. The first-order chi connectivity index (χ1) is 7.76. The second-order valence-corrected chi connectivity index (χ2v) is 5.15. The molecule has 1 unspecified atom stereocenters. The summed E-state index contributed by atoms with van der Waals surface area (Å²) in [5.74, 6) is 0.685. The highest BCUT2D eigenvalue weighted by Gasteiger charge is 2.55. The lowest BCUT2D eigenvalue weighted by Crippen LogP contribution is -2.35. The largest absolute Gasteiger partial charge is 0.393 e. The summed E-state index contributed by atoms with van der Waals surface area (Å²) in [4.78, 5) is 0. The second kappa shape index (κ2) is 3.33. The van der Waals surface area contributed by atoms with Gasteiger partial charge >= 0.3 is 0 Å². The van der Waals surface area contributed by atoms with Crippen LogP contribution in [0.4, 0.5) is 0 Å². The summed E-state index contributed by atoms with van der Waals surface area (Å²) < 4.78 is 0. The van der Waals surface area contributed by atoms with Crippen LogP contribution in [0.15, 0.2) is 30.3 Å². The first-order valence-electron chi connectivity index (χ1n) is 5.91. The molecular weight excluding hydrogens is 198 g/mol. The minimum Gasteiger partial charge on any atom is -0.393 e. The van der Waals surface area contributed by atoms with Gasteiger partial charge in [0.25, 0.3) is 0 Å². The van der Waals surface area contributed by atoms with Gasteiger partial charge in [0.2, 0.25) is 0 Å². The zero-order chi connectivity index (χ0) is 11.2. The van der Waals surface area contributed by atoms with E-state index in [9.17, 15) is 10.4 Å². The predicted octanol–water partition coefficient (Wildman–Crippen LogP) is 2.24. The average Bonchev–Trinajstić information content (AvgIpc) is 2.87. The quantitative estimate of drug-likeness (QED) is 0.777. The molecule has 82 valence electrons. The Hall–Kier alpha value is -1.33. The smallest absolute Gasteiger partial charge is 0.0855 e. The van der Waals surface area contributed by atoms with Gasteiger partial charge in [-0.15, -0.1) is 0 Å². The van der Waals surface area contributed by atoms with Crippen LogP contribution in [0, 0.1) is 23.2 Å². The van der Waals surface area contributed by atoms with E-state index in [2.05, 4.69) is 18.2 Å². The van der Waals surface area contributed by atoms with Gasteiger partial charge in [-0.2, -0.15) is 5.26 Å². The van der Waals surface area contributed by atoms with E-state index in [0.29, 0.717) is 11.8 Å². The maximum atomic E-state index is 9.78. The lowest BCUT2D eigenvalue weighted by molar-refractivity contribution is 0.0958. The number of nitrogens with zero attached hydrogens (tertiary/aromatic N) is 1. The van der Waals surface area contributed by atoms with Crippen molar-refractivity contribution in [1.82, 2.24) is 0 Å². The summed E-state index contributed by atoms with van der Waals surface area (Å²) in [5.41, 5.74) is 0.808. The Morgan fingerprint density at radius 1 is 1.25 bits per heavy atom. The van der Waals surface area contributed by atoms with Gasteiger partial charge in [0, 0.05) is 0 Å². The van der Waals surface area contributed by atoms with Crippen LogP contribution >= 0.6 is 0 Å². The molecule has 2 aliphatic carbocycles. The highest BCUT2D eigenvalue weighted by atomic mass is 16.3. The molecule has 0 amide bonds. The van der Waals surface area contributed by atoms with Crippen LogP contribution in [0.25, 0.3) is 0 Å². The molecule has 2 bridgehead atoms. The fraction of sp³-hybridized carbons (Fsp3) is 0.500. The van der Waals surface area contributed by atoms with E-state index < -0.39 is 0 Å². The molecule has 1 N–H and O–H groups in total. The standard InChI is InChI=1S/C14H15NO/c15-9-14(11-4-2-1-3-5-11)8-10-6-12(14)7-13(10)16/h1-5,10,12-13,16H,6-8H2/t10-,12-,13?,14+/m0/s1. The Balaban J connectivity index is 2.02. The lowest BCUT2D eigenvalue weighted by Gasteiger charge is -2.33. The van der Waals surface area contributed by atoms with Crippen LogP contribution in [0.1, 0.15) is 24.8 Å². The molecule has 0 saturated heterocycles. The van der Waals surface area contributed by atoms with Crippen LogP contribution in [0.5, 0.6) is 0 Å². The maximum Gasteiger partial charge on any atom is 0.0855 e. The molecule has 2 nitrogen and oxygen atoms in total. The molecule has 2 saturated carbocycles. The Labute approximate surface area is 95.5 Å². The van der Waals surface area contributed by atoms with Crippen molar-refractivity contribution in [3.05, 3.63) is 35.9 Å². The molecule has 4 atom stereocenters. The molecule has 2 heteroatoms. The number of benzene rings is 1. The normalized spacial score (nSPS) is 40.9. The topological polar surface area (TPSA) is 44.0 Å². The first kappa shape index (κ1) is 9.86. The van der Waals surface area contributed by atoms with Crippen molar-refractivity contribution in [1.29, 1.82) is 5.26 Å². The van der Waals surface area contributed by atoms with Crippen LogP contribution in [0.2, 0.25) is 0 Å². The van der Waals surface area contributed by atoms with Crippen molar-refractivity contribution in [3.8, 4) is 6.07 Å². The summed E-state index contributed by atoms with van der Waals surface area (Å²) in [6, 6.07) is 12.6. The Kier molecular flexibility index (Phi) is 2.05. The Morgan fingerprint density at radius 2 is 2.00 bits per heavy atom. The van der Waals surface area contributed by atoms with Crippen LogP contribution in [-0.4, -0.2) is 11.2 Å². The summed E-state index contributed by atoms with van der Waals surface area (Å²) >= 11 is 0. The minimum atomic E-state index is -0.328. The summed E-state index contributed by atoms with van der Waals surface area (Å²) in [7, 11) is 0.